The summed E-state index contributed by atoms with van der Waals surface area (Å²) >= 11 is 1.49. The van der Waals surface area contributed by atoms with E-state index in [1.807, 2.05) is 24.3 Å². The van der Waals surface area contributed by atoms with Gasteiger partial charge in [-0.3, -0.25) is 9.79 Å². The number of fused-ring (bicyclic) bond motifs is 2. The highest BCUT2D eigenvalue weighted by Gasteiger charge is 2.50. The number of aliphatic hydroxyl groups is 2. The van der Waals surface area contributed by atoms with Crippen molar-refractivity contribution >= 4 is 39.3 Å². The van der Waals surface area contributed by atoms with Crippen LogP contribution < -0.4 is 15.5 Å². The largest absolute Gasteiger partial charge is 0.390 e. The van der Waals surface area contributed by atoms with Gasteiger partial charge in [0.05, 0.1) is 44.4 Å². The Bertz CT molecular complexity index is 1020. The maximum atomic E-state index is 13.1. The molecule has 0 radical (unpaired) electrons. The number of rotatable bonds is 5. The van der Waals surface area contributed by atoms with E-state index in [1.165, 1.54) is 16.7 Å². The van der Waals surface area contributed by atoms with Crippen LogP contribution in [0.3, 0.4) is 0 Å². The predicted octanol–water partition coefficient (Wildman–Crippen LogP) is -0.135. The third-order valence-electron chi connectivity index (χ3n) is 6.83. The molecule has 0 unspecified atom stereocenters. The van der Waals surface area contributed by atoms with Crippen LogP contribution in [0.5, 0.6) is 0 Å². The summed E-state index contributed by atoms with van der Waals surface area (Å²) in [6.07, 6.45) is -1.70. The first kappa shape index (κ1) is 22.6. The quantitative estimate of drug-likeness (QED) is 0.416. The van der Waals surface area contributed by atoms with E-state index in [0.717, 1.165) is 49.3 Å². The molecule has 2 heterocycles. The van der Waals surface area contributed by atoms with Crippen LogP contribution in [0.25, 0.3) is 10.8 Å². The maximum Gasteiger partial charge on any atom is 0.224 e. The van der Waals surface area contributed by atoms with Gasteiger partial charge in [-0.1, -0.05) is 48.2 Å². The van der Waals surface area contributed by atoms with Crippen molar-refractivity contribution in [1.82, 2.24) is 5.32 Å². The van der Waals surface area contributed by atoms with Gasteiger partial charge >= 0.3 is 0 Å². The minimum absolute atomic E-state index is 0.0716. The molecule has 0 spiro atoms. The second-order valence-corrected chi connectivity index (χ2v) is 10.1. The molecule has 5 atom stereocenters. The number of amidine groups is 1. The summed E-state index contributed by atoms with van der Waals surface area (Å²) in [6, 6.07) is 13.6. The third-order valence-corrected chi connectivity index (χ3v) is 8.14. The molecule has 5 rings (SSSR count). The lowest BCUT2D eigenvalue weighted by atomic mass is 9.81. The summed E-state index contributed by atoms with van der Waals surface area (Å²) in [6.45, 7) is 4.90. The Morgan fingerprint density at radius 3 is 2.79 bits per heavy atom. The molecule has 2 aliphatic heterocycles. The van der Waals surface area contributed by atoms with Crippen LogP contribution in [0, 0.1) is 5.92 Å². The summed E-state index contributed by atoms with van der Waals surface area (Å²) in [7, 11) is 0. The van der Waals surface area contributed by atoms with Crippen LogP contribution >= 0.6 is 11.8 Å². The number of carbonyl (C=O) groups is 1. The fraction of sp³-hybridized carbons (Fsp3) is 0.500. The van der Waals surface area contributed by atoms with Crippen LogP contribution in [0.15, 0.2) is 47.5 Å². The molecule has 1 aliphatic carbocycles. The molecule has 1 amide bonds. The molecule has 1 saturated heterocycles. The van der Waals surface area contributed by atoms with E-state index in [1.54, 1.807) is 0 Å². The number of nitrogens with one attached hydrogen (secondary N) is 3. The van der Waals surface area contributed by atoms with Crippen molar-refractivity contribution in [3.8, 4) is 0 Å². The van der Waals surface area contributed by atoms with E-state index in [-0.39, 0.29) is 17.6 Å². The van der Waals surface area contributed by atoms with Crippen LogP contribution in [-0.4, -0.2) is 84.2 Å². The van der Waals surface area contributed by atoms with E-state index in [9.17, 15) is 15.0 Å². The number of hydrogen-bond acceptors (Lipinski definition) is 7. The van der Waals surface area contributed by atoms with Gasteiger partial charge in [-0.15, -0.1) is 0 Å². The molecule has 176 valence electrons. The Hall–Kier alpha value is -2.17. The SMILES string of the molecule is O=C(NCC[NH+]1CCOCC1)[C@H]1C[C@@H](O)[C@H](O)[C@@H]2N=C(Nc3cccc4ccccc34)S[C@@H]21. The Morgan fingerprint density at radius 2 is 1.94 bits per heavy atom. The first-order valence-electron chi connectivity index (χ1n) is 11.6. The number of amides is 1. The van der Waals surface area contributed by atoms with Gasteiger partial charge in [0.1, 0.15) is 19.2 Å². The number of ether oxygens (including phenoxy) is 1. The van der Waals surface area contributed by atoms with E-state index >= 15 is 0 Å². The van der Waals surface area contributed by atoms with Gasteiger partial charge in [-0.05, 0) is 17.9 Å². The van der Waals surface area contributed by atoms with Crippen LogP contribution in [-0.2, 0) is 9.53 Å². The molecule has 33 heavy (non-hydrogen) atoms. The van der Waals surface area contributed by atoms with E-state index in [0.29, 0.717) is 11.7 Å². The van der Waals surface area contributed by atoms with Crippen LogP contribution in [0.4, 0.5) is 5.69 Å². The minimum Gasteiger partial charge on any atom is -0.390 e. The molecule has 5 N–H and O–H groups in total. The van der Waals surface area contributed by atoms with Gasteiger partial charge in [0.2, 0.25) is 5.91 Å². The van der Waals surface area contributed by atoms with E-state index < -0.39 is 24.2 Å². The van der Waals surface area contributed by atoms with Crippen molar-refractivity contribution in [3.63, 3.8) is 0 Å². The Kier molecular flexibility index (Phi) is 6.84. The molecular formula is C24H31N4O4S+. The van der Waals surface area contributed by atoms with Crippen molar-refractivity contribution < 1.29 is 24.6 Å². The molecule has 0 aromatic heterocycles. The molecular weight excluding hydrogens is 440 g/mol. The lowest BCUT2D eigenvalue weighted by Crippen LogP contribution is -3.14. The first-order valence-corrected chi connectivity index (χ1v) is 12.5. The van der Waals surface area contributed by atoms with Gasteiger partial charge in [-0.2, -0.15) is 0 Å². The van der Waals surface area contributed by atoms with Crippen molar-refractivity contribution in [2.45, 2.75) is 29.9 Å². The van der Waals surface area contributed by atoms with Gasteiger partial charge in [0, 0.05) is 16.3 Å². The number of nitrogens with zero attached hydrogens (tertiary/aromatic N) is 1. The number of aliphatic imine (C=N–C) groups is 1. The van der Waals surface area contributed by atoms with Gasteiger partial charge in [0.25, 0.3) is 0 Å². The normalized spacial score (nSPS) is 30.0. The molecule has 9 heteroatoms. The highest BCUT2D eigenvalue weighted by atomic mass is 32.2. The van der Waals surface area contributed by atoms with Crippen molar-refractivity contribution in [2.24, 2.45) is 10.9 Å². The molecule has 2 aromatic carbocycles. The molecule has 8 nitrogen and oxygen atoms in total. The number of aliphatic hydroxyl groups excluding tert-OH is 2. The van der Waals surface area contributed by atoms with Gasteiger partial charge in [-0.25, -0.2) is 0 Å². The average molecular weight is 472 g/mol. The van der Waals surface area contributed by atoms with Gasteiger partial charge in [0.15, 0.2) is 5.17 Å². The monoisotopic (exact) mass is 471 g/mol. The fourth-order valence-corrected chi connectivity index (χ4v) is 6.33. The lowest BCUT2D eigenvalue weighted by molar-refractivity contribution is -0.906. The highest BCUT2D eigenvalue weighted by molar-refractivity contribution is 8.15. The maximum absolute atomic E-state index is 13.1. The topological polar surface area (TPSA) is 108 Å². The number of carbonyl (C=O) groups excluding carboxylic acids is 1. The summed E-state index contributed by atoms with van der Waals surface area (Å²) in [5.41, 5.74) is 0.933. The molecule has 1 saturated carbocycles. The lowest BCUT2D eigenvalue weighted by Gasteiger charge is -2.37. The van der Waals surface area contributed by atoms with Crippen molar-refractivity contribution in [3.05, 3.63) is 42.5 Å². The zero-order valence-corrected chi connectivity index (χ0v) is 19.3. The van der Waals surface area contributed by atoms with E-state index in [4.69, 9.17) is 9.73 Å². The van der Waals surface area contributed by atoms with Crippen molar-refractivity contribution in [2.75, 3.05) is 44.7 Å². The molecule has 0 bridgehead atoms. The second kappa shape index (κ2) is 9.99. The zero-order chi connectivity index (χ0) is 22.8. The van der Waals surface area contributed by atoms with Crippen LogP contribution in [0.2, 0.25) is 0 Å². The summed E-state index contributed by atoms with van der Waals surface area (Å²) < 4.78 is 5.39. The average Bonchev–Trinajstić information content (AvgIpc) is 3.26. The highest BCUT2D eigenvalue weighted by Crippen LogP contribution is 2.41. The molecule has 3 aliphatic rings. The Balaban J connectivity index is 1.25. The zero-order valence-electron chi connectivity index (χ0n) is 18.4. The van der Waals surface area contributed by atoms with Gasteiger partial charge < -0.3 is 30.5 Å². The predicted molar refractivity (Wildman–Crippen MR) is 130 cm³/mol. The summed E-state index contributed by atoms with van der Waals surface area (Å²) in [4.78, 5) is 19.2. The van der Waals surface area contributed by atoms with E-state index in [2.05, 4.69) is 28.8 Å². The van der Waals surface area contributed by atoms with Crippen molar-refractivity contribution in [1.29, 1.82) is 0 Å². The number of morpholine rings is 1. The number of anilines is 1. The van der Waals surface area contributed by atoms with Crippen LogP contribution in [0.1, 0.15) is 6.42 Å². The third kappa shape index (κ3) is 4.88. The summed E-state index contributed by atoms with van der Waals surface area (Å²) in [5, 5.41) is 30.2. The summed E-state index contributed by atoms with van der Waals surface area (Å²) in [5.74, 6) is -0.480. The fourth-order valence-electron chi connectivity index (χ4n) is 4.96. The first-order chi connectivity index (χ1) is 16.1. The number of benzene rings is 2. The minimum atomic E-state index is -0.976. The number of hydrogen-bond donors (Lipinski definition) is 5. The second-order valence-electron chi connectivity index (χ2n) is 8.96. The molecule has 2 fully saturated rings. The standard InChI is InChI=1S/C24H30N4O4S/c29-19-14-17(23(31)25-8-9-28-10-12-32-13-11-28)22-20(21(19)30)27-24(33-22)26-18-7-3-5-15-4-1-2-6-16(15)18/h1-7,17,19-22,29-30H,8-14H2,(H,25,31)(H,26,27)/p+1/t17-,19+,20-,21-,22+/m0/s1. The Morgan fingerprint density at radius 1 is 1.15 bits per heavy atom. The number of quaternary nitrogens is 1. The Labute approximate surface area is 197 Å². The molecule has 2 aromatic rings. The number of thioether (sulfide) groups is 1. The smallest absolute Gasteiger partial charge is 0.224 e.